The number of amides is 1. The molecule has 4 aromatic rings. The van der Waals surface area contributed by atoms with Crippen LogP contribution in [0.2, 0.25) is 0 Å². The van der Waals surface area contributed by atoms with E-state index in [0.29, 0.717) is 35.4 Å². The summed E-state index contributed by atoms with van der Waals surface area (Å²) in [7, 11) is 0. The number of fused-ring (bicyclic) bond motifs is 3. The van der Waals surface area contributed by atoms with Crippen LogP contribution in [0.5, 0.6) is 5.75 Å². The van der Waals surface area contributed by atoms with Gasteiger partial charge in [0, 0.05) is 29.6 Å². The van der Waals surface area contributed by atoms with Gasteiger partial charge in [-0.25, -0.2) is 4.98 Å². The number of hydrazone groups is 1. The molecule has 1 amide bonds. The van der Waals surface area contributed by atoms with Gasteiger partial charge in [-0.2, -0.15) is 10.4 Å². The number of aromatic nitrogens is 3. The number of carbonyl (C=O) groups is 1. The second-order valence-electron chi connectivity index (χ2n) is 18.9. The van der Waals surface area contributed by atoms with E-state index in [2.05, 4.69) is 86.7 Å². The molecule has 3 aliphatic carbocycles. The number of rotatable bonds is 10. The molecule has 3 atom stereocenters. The van der Waals surface area contributed by atoms with Crippen molar-refractivity contribution < 1.29 is 13.9 Å². The van der Waals surface area contributed by atoms with E-state index in [-0.39, 0.29) is 30.3 Å². The molecule has 0 radical (unpaired) electrons. The Bertz CT molecular complexity index is 2550. The number of carbonyl (C=O) groups excluding carboxylic acids is 1. The van der Waals surface area contributed by atoms with Gasteiger partial charge in [-0.1, -0.05) is 24.6 Å². The maximum atomic E-state index is 13.1. The highest BCUT2D eigenvalue weighted by molar-refractivity contribution is 7.17. The number of aryl methyl sites for hydroxylation is 2. The van der Waals surface area contributed by atoms with Gasteiger partial charge in [0.25, 0.3) is 5.91 Å². The highest BCUT2D eigenvalue weighted by Crippen LogP contribution is 2.50. The number of thiophene rings is 1. The molecule has 14 heteroatoms. The summed E-state index contributed by atoms with van der Waals surface area (Å²) in [6, 6.07) is 11.5. The Hall–Kier alpha value is -5.81. The second-order valence-corrected chi connectivity index (χ2v) is 20.1. The minimum atomic E-state index is -0.172. The number of nitrogens with zero attached hydrogens (tertiary/aromatic N) is 8. The Labute approximate surface area is 379 Å². The van der Waals surface area contributed by atoms with Crippen molar-refractivity contribution in [3.63, 3.8) is 0 Å². The lowest BCUT2D eigenvalue weighted by atomic mass is 9.61. The average Bonchev–Trinajstić information content (AvgIpc) is 4.00. The Morgan fingerprint density at radius 2 is 1.83 bits per heavy atom. The summed E-state index contributed by atoms with van der Waals surface area (Å²) in [5.41, 5.74) is 11.9. The van der Waals surface area contributed by atoms with Crippen LogP contribution in [-0.2, 0) is 6.42 Å². The summed E-state index contributed by atoms with van der Waals surface area (Å²) < 4.78 is 11.9. The van der Waals surface area contributed by atoms with E-state index < -0.39 is 0 Å². The number of hydrogen-bond acceptors (Lipinski definition) is 13. The lowest BCUT2D eigenvalue weighted by Crippen LogP contribution is -2.47. The summed E-state index contributed by atoms with van der Waals surface area (Å²) in [4.78, 5) is 29.2. The molecule has 2 unspecified atom stereocenters. The standard InChI is InChI=1S/C50H58N10O3S/c1-28-23-40(10-6-35(28)27-51)63-39-11-8-38(9-12-39)53-49(61)42-14-15-44(57-56-42)59-19-16-33(17-20-59)36-24-37(25-36)41-13-7-34(22-29(41)2)47-46-30(3)31(4)64-50(46)60-32(5)55-58-48(60)43(54-47)26-45-52-18-21-62-45/h6-7,10,13-15,18,21,23,29,33,36-39,43,48,58H,8-9,11-12,16-17,19-20,22,24-26H2,1-5H3,(H,53,61)/t29?,36?,37?,38?,39?,43-,48?/m1/s1. The molecule has 6 heterocycles. The summed E-state index contributed by atoms with van der Waals surface area (Å²) in [6.45, 7) is 12.8. The molecule has 1 aromatic carbocycles. The number of amidine groups is 1. The first kappa shape index (κ1) is 42.2. The van der Waals surface area contributed by atoms with Gasteiger partial charge < -0.3 is 19.4 Å². The van der Waals surface area contributed by atoms with Crippen LogP contribution in [0.3, 0.4) is 0 Å². The van der Waals surface area contributed by atoms with Crippen molar-refractivity contribution >= 4 is 39.6 Å². The van der Waals surface area contributed by atoms with Crippen molar-refractivity contribution in [1.29, 1.82) is 5.26 Å². The minimum absolute atomic E-state index is 0.0830. The van der Waals surface area contributed by atoms with Crippen molar-refractivity contribution in [2.24, 2.45) is 33.8 Å². The first-order chi connectivity index (χ1) is 31.1. The van der Waals surface area contributed by atoms with Crippen molar-refractivity contribution in [2.75, 3.05) is 22.9 Å². The normalized spacial score (nSPS) is 26.8. The number of oxazole rings is 1. The number of anilines is 2. The van der Waals surface area contributed by atoms with Gasteiger partial charge in [0.05, 0.1) is 42.1 Å². The summed E-state index contributed by atoms with van der Waals surface area (Å²) >= 11 is 1.84. The first-order valence-electron chi connectivity index (χ1n) is 23.2. The topological polar surface area (TPSA) is 157 Å². The highest BCUT2D eigenvalue weighted by Gasteiger charge is 2.43. The Morgan fingerprint density at radius 1 is 1.02 bits per heavy atom. The van der Waals surface area contributed by atoms with Gasteiger partial charge in [0.15, 0.2) is 17.4 Å². The fraction of sp³-hybridized carbons (Fsp3) is 0.500. The number of nitriles is 1. The smallest absolute Gasteiger partial charge is 0.272 e. The third-order valence-corrected chi connectivity index (χ3v) is 16.1. The van der Waals surface area contributed by atoms with E-state index >= 15 is 0 Å². The molecule has 0 bridgehead atoms. The second kappa shape index (κ2) is 17.6. The zero-order chi connectivity index (χ0) is 44.1. The third kappa shape index (κ3) is 8.23. The van der Waals surface area contributed by atoms with Crippen LogP contribution in [-0.4, -0.2) is 70.1 Å². The van der Waals surface area contributed by atoms with E-state index in [9.17, 15) is 10.1 Å². The van der Waals surface area contributed by atoms with Gasteiger partial charge in [0.1, 0.15) is 29.0 Å². The van der Waals surface area contributed by atoms with Crippen LogP contribution in [0.15, 0.2) is 80.6 Å². The Balaban J connectivity index is 0.718. The van der Waals surface area contributed by atoms with Crippen molar-refractivity contribution in [3.8, 4) is 11.8 Å². The maximum Gasteiger partial charge on any atom is 0.272 e. The highest BCUT2D eigenvalue weighted by atomic mass is 32.1. The lowest BCUT2D eigenvalue weighted by molar-refractivity contribution is 0.0888. The van der Waals surface area contributed by atoms with E-state index in [1.54, 1.807) is 18.0 Å². The number of hydrogen-bond donors (Lipinski definition) is 2. The molecule has 2 N–H and O–H groups in total. The number of nitrogens with one attached hydrogen (secondary N) is 2. The van der Waals surface area contributed by atoms with Crippen LogP contribution in [0.25, 0.3) is 0 Å². The molecule has 3 aliphatic heterocycles. The zero-order valence-corrected chi connectivity index (χ0v) is 38.3. The molecule has 64 heavy (non-hydrogen) atoms. The van der Waals surface area contributed by atoms with Gasteiger partial charge in [-0.3, -0.25) is 20.1 Å². The number of piperidine rings is 1. The fourth-order valence-corrected chi connectivity index (χ4v) is 12.3. The molecule has 10 rings (SSSR count). The molecule has 1 saturated heterocycles. The quantitative estimate of drug-likeness (QED) is 0.158. The minimum Gasteiger partial charge on any atom is -0.490 e. The monoisotopic (exact) mass is 878 g/mol. The van der Waals surface area contributed by atoms with E-state index in [1.165, 1.54) is 39.4 Å². The molecule has 332 valence electrons. The van der Waals surface area contributed by atoms with E-state index in [1.807, 2.05) is 48.6 Å². The molecule has 13 nitrogen and oxygen atoms in total. The van der Waals surface area contributed by atoms with Gasteiger partial charge >= 0.3 is 0 Å². The van der Waals surface area contributed by atoms with Crippen molar-refractivity contribution in [2.45, 2.75) is 123 Å². The third-order valence-electron chi connectivity index (χ3n) is 14.9. The molecule has 3 fully saturated rings. The van der Waals surface area contributed by atoms with Gasteiger partial charge in [-0.15, -0.1) is 21.5 Å². The predicted molar refractivity (Wildman–Crippen MR) is 250 cm³/mol. The van der Waals surface area contributed by atoms with Crippen LogP contribution >= 0.6 is 11.3 Å². The van der Waals surface area contributed by atoms with Crippen molar-refractivity contribution in [3.05, 3.63) is 105 Å². The first-order valence-corrected chi connectivity index (χ1v) is 24.0. The summed E-state index contributed by atoms with van der Waals surface area (Å²) in [6.07, 6.45) is 18.0. The fourth-order valence-electron chi connectivity index (χ4n) is 11.0. The summed E-state index contributed by atoms with van der Waals surface area (Å²) in [5, 5.41) is 27.2. The SMILES string of the molecule is CC1=NNC2[C@@H](Cc3ncco3)N=C(C3=CC=C(C4CC(C5CCN(c6ccc(C(=O)NC7CCC(Oc8ccc(C#N)c(C)c8)CC7)nn6)CC5)C4)C(C)C3)c3c(sc(C)c3C)N12. The Morgan fingerprint density at radius 3 is 2.53 bits per heavy atom. The van der Waals surface area contributed by atoms with Crippen LogP contribution in [0.1, 0.15) is 115 Å². The number of benzene rings is 1. The average molecular weight is 879 g/mol. The van der Waals surface area contributed by atoms with Gasteiger partial charge in [0.2, 0.25) is 0 Å². The van der Waals surface area contributed by atoms with E-state index in [4.69, 9.17) is 14.1 Å². The van der Waals surface area contributed by atoms with Crippen LogP contribution in [0.4, 0.5) is 10.8 Å². The van der Waals surface area contributed by atoms with Crippen molar-refractivity contribution in [1.82, 2.24) is 25.9 Å². The van der Waals surface area contributed by atoms with Crippen LogP contribution in [0, 0.1) is 55.8 Å². The molecule has 2 saturated carbocycles. The molecular formula is C50H58N10O3S. The lowest BCUT2D eigenvalue weighted by Gasteiger charge is -2.46. The van der Waals surface area contributed by atoms with Crippen LogP contribution < -0.4 is 25.3 Å². The van der Waals surface area contributed by atoms with E-state index in [0.717, 1.165) is 98.5 Å². The Kier molecular flexibility index (Phi) is 11.6. The largest absolute Gasteiger partial charge is 0.490 e. The van der Waals surface area contributed by atoms with Gasteiger partial charge in [-0.05, 0) is 156 Å². The number of aliphatic imine (C=N–C) groups is 1. The predicted octanol–water partition coefficient (Wildman–Crippen LogP) is 8.76. The zero-order valence-electron chi connectivity index (χ0n) is 37.5. The molecule has 0 spiro atoms. The molecule has 6 aliphatic rings. The molecule has 3 aromatic heterocycles. The number of ether oxygens (including phenoxy) is 1. The number of allylic oxidation sites excluding steroid dienone is 4. The summed E-state index contributed by atoms with van der Waals surface area (Å²) in [5.74, 6) is 5.70. The maximum absolute atomic E-state index is 13.1. The molecular weight excluding hydrogens is 821 g/mol.